The van der Waals surface area contributed by atoms with Crippen LogP contribution < -0.4 is 20.1 Å². The van der Waals surface area contributed by atoms with Gasteiger partial charge in [0.05, 0.1) is 32.0 Å². The van der Waals surface area contributed by atoms with Crippen molar-refractivity contribution in [3.05, 3.63) is 41.1 Å². The Balaban J connectivity index is 0.00000261. The van der Waals surface area contributed by atoms with Gasteiger partial charge >= 0.3 is 0 Å². The maximum absolute atomic E-state index is 5.74. The lowest BCUT2D eigenvalue weighted by molar-refractivity contribution is 0.297. The first-order chi connectivity index (χ1) is 12.7. The highest BCUT2D eigenvalue weighted by Crippen LogP contribution is 2.30. The van der Waals surface area contributed by atoms with E-state index in [1.165, 1.54) is 0 Å². The van der Waals surface area contributed by atoms with Gasteiger partial charge in [-0.3, -0.25) is 0 Å². The molecular formula is C19H27IN4O3. The molecule has 0 radical (unpaired) electrons. The number of aryl methyl sites for hydroxylation is 2. The highest BCUT2D eigenvalue weighted by molar-refractivity contribution is 14.0. The van der Waals surface area contributed by atoms with Crippen LogP contribution in [0.2, 0.25) is 0 Å². The first-order valence-electron chi connectivity index (χ1n) is 8.99. The third-order valence-electron chi connectivity index (χ3n) is 4.06. The minimum absolute atomic E-state index is 0. The largest absolute Gasteiger partial charge is 0.490 e. The summed E-state index contributed by atoms with van der Waals surface area (Å²) >= 11 is 0. The molecule has 2 N–H and O–H groups in total. The molecule has 2 aromatic rings. The second kappa shape index (κ2) is 10.4. The standard InChI is InChI=1S/C19H26N4O3.HI/c1-4-20-19(22-12-18-23-13(2)14(3)26-18)21-11-15-6-7-16-17(10-15)25-9-5-8-24-16;/h6-7,10H,4-5,8-9,11-12H2,1-3H3,(H2,20,21,22);1H. The maximum atomic E-state index is 5.74. The summed E-state index contributed by atoms with van der Waals surface area (Å²) in [5.74, 6) is 3.80. The van der Waals surface area contributed by atoms with Crippen molar-refractivity contribution >= 4 is 29.9 Å². The molecule has 0 unspecified atom stereocenters. The molecule has 2 heterocycles. The summed E-state index contributed by atoms with van der Waals surface area (Å²) in [7, 11) is 0. The summed E-state index contributed by atoms with van der Waals surface area (Å²) in [6.45, 7) is 9.05. The van der Waals surface area contributed by atoms with Gasteiger partial charge in [0, 0.05) is 13.0 Å². The summed E-state index contributed by atoms with van der Waals surface area (Å²) in [4.78, 5) is 9.00. The van der Waals surface area contributed by atoms with Crippen LogP contribution in [0.4, 0.5) is 0 Å². The summed E-state index contributed by atoms with van der Waals surface area (Å²) in [5, 5.41) is 6.48. The number of guanidine groups is 1. The van der Waals surface area contributed by atoms with Crippen LogP contribution in [0.25, 0.3) is 0 Å². The normalized spacial score (nSPS) is 13.5. The summed E-state index contributed by atoms with van der Waals surface area (Å²) in [6, 6.07) is 5.96. The molecule has 7 nitrogen and oxygen atoms in total. The Hall–Kier alpha value is -1.97. The van der Waals surface area contributed by atoms with E-state index in [1.807, 2.05) is 39.0 Å². The van der Waals surface area contributed by atoms with Crippen LogP contribution in [0.1, 0.15) is 36.3 Å². The Morgan fingerprint density at radius 2 is 1.93 bits per heavy atom. The summed E-state index contributed by atoms with van der Waals surface area (Å²) < 4.78 is 17.0. The predicted molar refractivity (Wildman–Crippen MR) is 115 cm³/mol. The molecule has 1 aromatic heterocycles. The van der Waals surface area contributed by atoms with Gasteiger partial charge in [-0.25, -0.2) is 9.98 Å². The monoisotopic (exact) mass is 486 g/mol. The van der Waals surface area contributed by atoms with Gasteiger partial charge in [-0.15, -0.1) is 24.0 Å². The molecule has 1 aromatic carbocycles. The van der Waals surface area contributed by atoms with Crippen LogP contribution in [0, 0.1) is 13.8 Å². The average molecular weight is 486 g/mol. The number of fused-ring (bicyclic) bond motifs is 1. The Morgan fingerprint density at radius 3 is 2.63 bits per heavy atom. The van der Waals surface area contributed by atoms with Crippen LogP contribution in [0.3, 0.4) is 0 Å². The minimum Gasteiger partial charge on any atom is -0.490 e. The Morgan fingerprint density at radius 1 is 1.15 bits per heavy atom. The Labute approximate surface area is 177 Å². The van der Waals surface area contributed by atoms with Crippen LogP contribution in [-0.4, -0.2) is 30.7 Å². The van der Waals surface area contributed by atoms with E-state index >= 15 is 0 Å². The van der Waals surface area contributed by atoms with Crippen molar-refractivity contribution in [2.24, 2.45) is 4.99 Å². The number of aromatic nitrogens is 1. The highest BCUT2D eigenvalue weighted by atomic mass is 127. The van der Waals surface area contributed by atoms with Gasteiger partial charge < -0.3 is 24.5 Å². The number of nitrogens with zero attached hydrogens (tertiary/aromatic N) is 2. The predicted octanol–water partition coefficient (Wildman–Crippen LogP) is 3.33. The van der Waals surface area contributed by atoms with Crippen LogP contribution in [-0.2, 0) is 13.1 Å². The topological polar surface area (TPSA) is 80.9 Å². The van der Waals surface area contributed by atoms with E-state index in [4.69, 9.17) is 13.9 Å². The molecule has 0 atom stereocenters. The number of rotatable bonds is 5. The molecule has 0 aliphatic carbocycles. The van der Waals surface area contributed by atoms with E-state index in [0.29, 0.717) is 38.2 Å². The first kappa shape index (κ1) is 21.3. The van der Waals surface area contributed by atoms with Gasteiger partial charge in [0.25, 0.3) is 0 Å². The second-order valence-electron chi connectivity index (χ2n) is 6.13. The fourth-order valence-corrected chi connectivity index (χ4v) is 2.59. The summed E-state index contributed by atoms with van der Waals surface area (Å²) in [6.07, 6.45) is 0.899. The molecule has 0 fully saturated rings. The molecule has 0 amide bonds. The van der Waals surface area contributed by atoms with Gasteiger partial charge in [0.2, 0.25) is 5.89 Å². The molecule has 0 spiro atoms. The number of benzene rings is 1. The zero-order valence-corrected chi connectivity index (χ0v) is 18.3. The van der Waals surface area contributed by atoms with E-state index in [0.717, 1.165) is 41.5 Å². The van der Waals surface area contributed by atoms with Crippen LogP contribution in [0.5, 0.6) is 11.5 Å². The molecule has 148 valence electrons. The zero-order chi connectivity index (χ0) is 18.4. The van der Waals surface area contributed by atoms with Crippen molar-refractivity contribution in [1.29, 1.82) is 0 Å². The minimum atomic E-state index is 0. The second-order valence-corrected chi connectivity index (χ2v) is 6.13. The molecule has 1 aliphatic rings. The number of halogens is 1. The third kappa shape index (κ3) is 6.02. The Bertz CT molecular complexity index is 757. The number of nitrogens with one attached hydrogen (secondary N) is 2. The van der Waals surface area contributed by atoms with E-state index < -0.39 is 0 Å². The molecule has 0 bridgehead atoms. The van der Waals surface area contributed by atoms with Crippen LogP contribution in [0.15, 0.2) is 27.6 Å². The Kier molecular flexibility index (Phi) is 8.21. The molecule has 1 aliphatic heterocycles. The molecule has 3 rings (SSSR count). The van der Waals surface area contributed by atoms with Crippen LogP contribution >= 0.6 is 24.0 Å². The number of ether oxygens (including phenoxy) is 2. The van der Waals surface area contributed by atoms with Crippen molar-refractivity contribution in [2.75, 3.05) is 19.8 Å². The van der Waals surface area contributed by atoms with Gasteiger partial charge in [0.15, 0.2) is 17.5 Å². The van der Waals surface area contributed by atoms with Crippen molar-refractivity contribution in [2.45, 2.75) is 40.3 Å². The molecule has 0 saturated carbocycles. The third-order valence-corrected chi connectivity index (χ3v) is 4.06. The SMILES string of the molecule is CCNC(=NCc1ccc2c(c1)OCCCO2)NCc1nc(C)c(C)o1.I. The van der Waals surface area contributed by atoms with Crippen molar-refractivity contribution in [1.82, 2.24) is 15.6 Å². The fourth-order valence-electron chi connectivity index (χ4n) is 2.59. The van der Waals surface area contributed by atoms with Crippen molar-refractivity contribution in [3.63, 3.8) is 0 Å². The van der Waals surface area contributed by atoms with Crippen molar-refractivity contribution < 1.29 is 13.9 Å². The molecule has 0 saturated heterocycles. The van der Waals surface area contributed by atoms with Gasteiger partial charge in [-0.1, -0.05) is 6.07 Å². The molecule has 27 heavy (non-hydrogen) atoms. The van der Waals surface area contributed by atoms with Crippen molar-refractivity contribution in [3.8, 4) is 11.5 Å². The lowest BCUT2D eigenvalue weighted by Gasteiger charge is -2.11. The molecule has 8 heteroatoms. The zero-order valence-electron chi connectivity index (χ0n) is 16.0. The number of hydrogen-bond donors (Lipinski definition) is 2. The quantitative estimate of drug-likeness (QED) is 0.384. The van der Waals surface area contributed by atoms with E-state index in [2.05, 4.69) is 20.6 Å². The van der Waals surface area contributed by atoms with E-state index in [9.17, 15) is 0 Å². The lowest BCUT2D eigenvalue weighted by atomic mass is 10.2. The fraction of sp³-hybridized carbons (Fsp3) is 0.474. The van der Waals surface area contributed by atoms with E-state index in [1.54, 1.807) is 0 Å². The smallest absolute Gasteiger partial charge is 0.214 e. The molecular weight excluding hydrogens is 459 g/mol. The number of oxazole rings is 1. The highest BCUT2D eigenvalue weighted by Gasteiger charge is 2.11. The first-order valence-corrected chi connectivity index (χ1v) is 8.99. The number of hydrogen-bond acceptors (Lipinski definition) is 5. The van der Waals surface area contributed by atoms with E-state index in [-0.39, 0.29) is 24.0 Å². The maximum Gasteiger partial charge on any atom is 0.214 e. The lowest BCUT2D eigenvalue weighted by Crippen LogP contribution is -2.36. The summed E-state index contributed by atoms with van der Waals surface area (Å²) in [5.41, 5.74) is 1.98. The van der Waals surface area contributed by atoms with Gasteiger partial charge in [0.1, 0.15) is 5.76 Å². The van der Waals surface area contributed by atoms with Gasteiger partial charge in [-0.05, 0) is 38.5 Å². The average Bonchev–Trinajstić information content (AvgIpc) is 2.83. The van der Waals surface area contributed by atoms with Gasteiger partial charge in [-0.2, -0.15) is 0 Å². The number of aliphatic imine (C=N–C) groups is 1.